The zero-order valence-corrected chi connectivity index (χ0v) is 12.2. The highest BCUT2D eigenvalue weighted by molar-refractivity contribution is 5.94. The van der Waals surface area contributed by atoms with Crippen LogP contribution in [0.3, 0.4) is 0 Å². The number of carbonyl (C=O) groups is 1. The summed E-state index contributed by atoms with van der Waals surface area (Å²) < 4.78 is 7.64. The first-order valence-corrected chi connectivity index (χ1v) is 7.34. The molecule has 1 N–H and O–H groups in total. The Kier molecular flexibility index (Phi) is 3.94. The SMILES string of the molecule is CCn1c(CN2CCOCC2)cc2cc(C(=O)O)ccc21. The highest BCUT2D eigenvalue weighted by Gasteiger charge is 2.15. The highest BCUT2D eigenvalue weighted by Crippen LogP contribution is 2.23. The average Bonchev–Trinajstić information content (AvgIpc) is 2.84. The molecule has 0 radical (unpaired) electrons. The second-order valence-electron chi connectivity index (χ2n) is 5.35. The summed E-state index contributed by atoms with van der Waals surface area (Å²) in [5.74, 6) is -0.879. The Morgan fingerprint density at radius 2 is 2.05 bits per heavy atom. The minimum atomic E-state index is -0.879. The molecule has 3 rings (SSSR count). The Balaban J connectivity index is 1.95. The summed E-state index contributed by atoms with van der Waals surface area (Å²) in [5, 5.41) is 10.1. The maximum absolute atomic E-state index is 11.1. The molecule has 1 aliphatic heterocycles. The van der Waals surface area contributed by atoms with Crippen LogP contribution in [0.25, 0.3) is 10.9 Å². The smallest absolute Gasteiger partial charge is 0.335 e. The van der Waals surface area contributed by atoms with Gasteiger partial charge in [-0.15, -0.1) is 0 Å². The molecule has 0 atom stereocenters. The van der Waals surface area contributed by atoms with Crippen LogP contribution in [0.2, 0.25) is 0 Å². The number of benzene rings is 1. The van der Waals surface area contributed by atoms with Gasteiger partial charge in [0.15, 0.2) is 0 Å². The largest absolute Gasteiger partial charge is 0.478 e. The first kappa shape index (κ1) is 14.1. The lowest BCUT2D eigenvalue weighted by molar-refractivity contribution is 0.0332. The lowest BCUT2D eigenvalue weighted by Crippen LogP contribution is -2.36. The van der Waals surface area contributed by atoms with Crippen molar-refractivity contribution in [2.24, 2.45) is 0 Å². The molecule has 0 saturated carbocycles. The Labute approximate surface area is 123 Å². The zero-order chi connectivity index (χ0) is 14.8. The topological polar surface area (TPSA) is 54.7 Å². The van der Waals surface area contributed by atoms with E-state index in [1.807, 2.05) is 6.07 Å². The van der Waals surface area contributed by atoms with Crippen molar-refractivity contribution in [3.05, 3.63) is 35.5 Å². The maximum atomic E-state index is 11.1. The average molecular weight is 288 g/mol. The minimum Gasteiger partial charge on any atom is -0.478 e. The normalized spacial score (nSPS) is 16.4. The molecular weight excluding hydrogens is 268 g/mol. The maximum Gasteiger partial charge on any atom is 0.335 e. The van der Waals surface area contributed by atoms with Crippen molar-refractivity contribution in [3.63, 3.8) is 0 Å². The summed E-state index contributed by atoms with van der Waals surface area (Å²) in [6.07, 6.45) is 0. The number of aromatic carboxylic acids is 1. The molecule has 0 unspecified atom stereocenters. The van der Waals surface area contributed by atoms with Gasteiger partial charge in [-0.1, -0.05) is 0 Å². The molecule has 1 aromatic carbocycles. The second-order valence-corrected chi connectivity index (χ2v) is 5.35. The summed E-state index contributed by atoms with van der Waals surface area (Å²) in [7, 11) is 0. The van der Waals surface area contributed by atoms with E-state index < -0.39 is 5.97 Å². The van der Waals surface area contributed by atoms with E-state index >= 15 is 0 Å². The van der Waals surface area contributed by atoms with Crippen LogP contribution in [0.5, 0.6) is 0 Å². The van der Waals surface area contributed by atoms with E-state index in [0.29, 0.717) is 5.56 Å². The second kappa shape index (κ2) is 5.87. The van der Waals surface area contributed by atoms with E-state index in [4.69, 9.17) is 9.84 Å². The van der Waals surface area contributed by atoms with Crippen LogP contribution in [0, 0.1) is 0 Å². The van der Waals surface area contributed by atoms with Crippen LogP contribution in [-0.2, 0) is 17.8 Å². The van der Waals surface area contributed by atoms with Crippen LogP contribution < -0.4 is 0 Å². The van der Waals surface area contributed by atoms with Crippen LogP contribution >= 0.6 is 0 Å². The zero-order valence-electron chi connectivity index (χ0n) is 12.2. The lowest BCUT2D eigenvalue weighted by Gasteiger charge is -2.26. The van der Waals surface area contributed by atoms with Gasteiger partial charge >= 0.3 is 5.97 Å². The Morgan fingerprint density at radius 1 is 1.29 bits per heavy atom. The molecule has 1 saturated heterocycles. The molecule has 2 aromatic rings. The first-order valence-electron chi connectivity index (χ1n) is 7.34. The molecular formula is C16H20N2O3. The number of carboxylic acids is 1. The minimum absolute atomic E-state index is 0.341. The van der Waals surface area contributed by atoms with E-state index in [1.165, 1.54) is 5.69 Å². The standard InChI is InChI=1S/C16H20N2O3/c1-2-18-14(11-17-5-7-21-8-6-17)10-13-9-12(16(19)20)3-4-15(13)18/h3-4,9-10H,2,5-8,11H2,1H3,(H,19,20). The molecule has 0 bridgehead atoms. The van der Waals surface area contributed by atoms with Gasteiger partial charge in [-0.25, -0.2) is 4.79 Å². The summed E-state index contributed by atoms with van der Waals surface area (Å²) in [4.78, 5) is 13.5. The molecule has 1 aromatic heterocycles. The van der Waals surface area contributed by atoms with Crippen molar-refractivity contribution in [1.82, 2.24) is 9.47 Å². The lowest BCUT2D eigenvalue weighted by atomic mass is 10.1. The number of fused-ring (bicyclic) bond motifs is 1. The third-order valence-electron chi connectivity index (χ3n) is 4.04. The van der Waals surface area contributed by atoms with Gasteiger partial charge in [0.2, 0.25) is 0 Å². The summed E-state index contributed by atoms with van der Waals surface area (Å²) in [5.41, 5.74) is 2.68. The molecule has 1 fully saturated rings. The van der Waals surface area contributed by atoms with Gasteiger partial charge in [0.25, 0.3) is 0 Å². The van der Waals surface area contributed by atoms with Gasteiger partial charge in [0, 0.05) is 42.8 Å². The monoisotopic (exact) mass is 288 g/mol. The number of carboxylic acid groups (broad SMARTS) is 1. The Morgan fingerprint density at radius 3 is 2.71 bits per heavy atom. The first-order chi connectivity index (χ1) is 10.2. The highest BCUT2D eigenvalue weighted by atomic mass is 16.5. The molecule has 112 valence electrons. The Bertz CT molecular complexity index is 657. The fourth-order valence-electron chi connectivity index (χ4n) is 2.95. The van der Waals surface area contributed by atoms with E-state index in [0.717, 1.165) is 50.3 Å². The third kappa shape index (κ3) is 2.80. The van der Waals surface area contributed by atoms with Gasteiger partial charge in [-0.2, -0.15) is 0 Å². The van der Waals surface area contributed by atoms with Crippen molar-refractivity contribution in [1.29, 1.82) is 0 Å². The molecule has 21 heavy (non-hydrogen) atoms. The van der Waals surface area contributed by atoms with E-state index in [9.17, 15) is 4.79 Å². The Hall–Kier alpha value is -1.85. The van der Waals surface area contributed by atoms with Gasteiger partial charge in [-0.05, 0) is 31.2 Å². The number of aryl methyl sites for hydroxylation is 1. The van der Waals surface area contributed by atoms with E-state index in [-0.39, 0.29) is 0 Å². The van der Waals surface area contributed by atoms with Gasteiger partial charge in [0.05, 0.1) is 18.8 Å². The van der Waals surface area contributed by atoms with E-state index in [1.54, 1.807) is 12.1 Å². The number of aromatic nitrogens is 1. The van der Waals surface area contributed by atoms with Crippen molar-refractivity contribution >= 4 is 16.9 Å². The summed E-state index contributed by atoms with van der Waals surface area (Å²) in [6.45, 7) is 7.36. The fourth-order valence-corrected chi connectivity index (χ4v) is 2.95. The molecule has 0 spiro atoms. The molecule has 5 nitrogen and oxygen atoms in total. The van der Waals surface area contributed by atoms with Gasteiger partial charge in [-0.3, -0.25) is 4.90 Å². The van der Waals surface area contributed by atoms with E-state index in [2.05, 4.69) is 22.5 Å². The molecule has 0 aliphatic carbocycles. The number of ether oxygens (including phenoxy) is 1. The van der Waals surface area contributed by atoms with Crippen LogP contribution in [-0.4, -0.2) is 46.8 Å². The number of rotatable bonds is 4. The number of nitrogens with zero attached hydrogens (tertiary/aromatic N) is 2. The summed E-state index contributed by atoms with van der Waals surface area (Å²) in [6, 6.07) is 7.45. The summed E-state index contributed by atoms with van der Waals surface area (Å²) >= 11 is 0. The predicted molar refractivity (Wildman–Crippen MR) is 80.7 cm³/mol. The number of hydrogen-bond donors (Lipinski definition) is 1. The predicted octanol–water partition coefficient (Wildman–Crippen LogP) is 2.19. The van der Waals surface area contributed by atoms with Crippen molar-refractivity contribution in [3.8, 4) is 0 Å². The van der Waals surface area contributed by atoms with Crippen LogP contribution in [0.4, 0.5) is 0 Å². The molecule has 1 aliphatic rings. The third-order valence-corrected chi connectivity index (χ3v) is 4.04. The number of morpholine rings is 1. The van der Waals surface area contributed by atoms with Crippen molar-refractivity contribution in [2.45, 2.75) is 20.0 Å². The van der Waals surface area contributed by atoms with Crippen LogP contribution in [0.15, 0.2) is 24.3 Å². The fraction of sp³-hybridized carbons (Fsp3) is 0.438. The van der Waals surface area contributed by atoms with Crippen molar-refractivity contribution < 1.29 is 14.6 Å². The van der Waals surface area contributed by atoms with Gasteiger partial charge in [0.1, 0.15) is 0 Å². The van der Waals surface area contributed by atoms with Crippen LogP contribution in [0.1, 0.15) is 23.0 Å². The quantitative estimate of drug-likeness (QED) is 0.937. The number of hydrogen-bond acceptors (Lipinski definition) is 3. The van der Waals surface area contributed by atoms with Gasteiger partial charge < -0.3 is 14.4 Å². The molecule has 5 heteroatoms. The molecule has 2 heterocycles. The molecule has 0 amide bonds. The van der Waals surface area contributed by atoms with Crippen molar-refractivity contribution in [2.75, 3.05) is 26.3 Å².